The largest absolute Gasteiger partial charge is 0.417 e. The average Bonchev–Trinajstić information content (AvgIpc) is 2.98. The average molecular weight is 295 g/mol. The molecular weight excluding hydrogens is 264 g/mol. The lowest BCUT2D eigenvalue weighted by molar-refractivity contribution is -0.135. The van der Waals surface area contributed by atoms with Crippen LogP contribution in [-0.2, 0) is 9.16 Å². The maximum absolute atomic E-state index is 6.40. The molecule has 2 aliphatic carbocycles. The second kappa shape index (κ2) is 5.58. The second-order valence-electron chi connectivity index (χ2n) is 7.91. The van der Waals surface area contributed by atoms with Crippen LogP contribution in [0.3, 0.4) is 0 Å². The van der Waals surface area contributed by atoms with Crippen LogP contribution < -0.4 is 0 Å². The van der Waals surface area contributed by atoms with Crippen LogP contribution in [0, 0.1) is 17.3 Å². The van der Waals surface area contributed by atoms with Gasteiger partial charge in [-0.3, -0.25) is 0 Å². The molecular formula is C17H30O2Si. The van der Waals surface area contributed by atoms with Crippen molar-refractivity contribution in [3.8, 4) is 0 Å². The minimum absolute atomic E-state index is 0.343. The molecule has 2 fully saturated rings. The first-order chi connectivity index (χ1) is 9.52. The van der Waals surface area contributed by atoms with Crippen LogP contribution in [0.5, 0.6) is 0 Å². The fourth-order valence-electron chi connectivity index (χ4n) is 3.88. The Hall–Kier alpha value is -0.123. The van der Waals surface area contributed by atoms with Crippen molar-refractivity contribution < 1.29 is 9.16 Å². The van der Waals surface area contributed by atoms with Gasteiger partial charge in [0.15, 0.2) is 8.32 Å². The summed E-state index contributed by atoms with van der Waals surface area (Å²) in [6, 6.07) is 1.29. The highest BCUT2D eigenvalue weighted by atomic mass is 28.4. The van der Waals surface area contributed by atoms with E-state index in [0.717, 1.165) is 31.7 Å². The Labute approximate surface area is 125 Å². The quantitative estimate of drug-likeness (QED) is 0.512. The molecule has 1 saturated heterocycles. The van der Waals surface area contributed by atoms with Gasteiger partial charge in [0, 0.05) is 12.0 Å². The van der Waals surface area contributed by atoms with E-state index in [0.29, 0.717) is 5.41 Å². The first-order valence-corrected chi connectivity index (χ1v) is 11.6. The molecule has 2 atom stereocenters. The Morgan fingerprint density at radius 2 is 2.15 bits per heavy atom. The van der Waals surface area contributed by atoms with Gasteiger partial charge in [0.1, 0.15) is 0 Å². The zero-order valence-corrected chi connectivity index (χ0v) is 14.4. The van der Waals surface area contributed by atoms with Crippen LogP contribution in [0.2, 0.25) is 19.1 Å². The molecule has 1 saturated carbocycles. The monoisotopic (exact) mass is 294 g/mol. The molecule has 0 aromatic heterocycles. The highest BCUT2D eigenvalue weighted by Gasteiger charge is 2.39. The maximum Gasteiger partial charge on any atom is 0.187 e. The predicted molar refractivity (Wildman–Crippen MR) is 85.3 cm³/mol. The molecule has 0 aromatic rings. The SMILES string of the molecule is CCC1(CO[Si](C)(C)CCC2=CC3CCC2C3)COC1. The lowest BCUT2D eigenvalue weighted by atomic mass is 9.84. The van der Waals surface area contributed by atoms with E-state index in [1.54, 1.807) is 5.57 Å². The smallest absolute Gasteiger partial charge is 0.187 e. The first kappa shape index (κ1) is 14.8. The van der Waals surface area contributed by atoms with Crippen molar-refractivity contribution >= 4 is 8.32 Å². The topological polar surface area (TPSA) is 18.5 Å². The molecule has 1 aliphatic heterocycles. The fraction of sp³-hybridized carbons (Fsp3) is 0.882. The van der Waals surface area contributed by atoms with Crippen molar-refractivity contribution in [3.63, 3.8) is 0 Å². The van der Waals surface area contributed by atoms with Crippen molar-refractivity contribution in [3.05, 3.63) is 11.6 Å². The van der Waals surface area contributed by atoms with Gasteiger partial charge in [0.25, 0.3) is 0 Å². The van der Waals surface area contributed by atoms with Gasteiger partial charge in [0.05, 0.1) is 13.2 Å². The van der Waals surface area contributed by atoms with Gasteiger partial charge in [0.2, 0.25) is 0 Å². The van der Waals surface area contributed by atoms with Crippen LogP contribution in [-0.4, -0.2) is 28.1 Å². The summed E-state index contributed by atoms with van der Waals surface area (Å²) >= 11 is 0. The lowest BCUT2D eigenvalue weighted by Crippen LogP contribution is -2.48. The van der Waals surface area contributed by atoms with Crippen LogP contribution in [0.4, 0.5) is 0 Å². The van der Waals surface area contributed by atoms with E-state index in [-0.39, 0.29) is 0 Å². The molecule has 3 heteroatoms. The summed E-state index contributed by atoms with van der Waals surface area (Å²) in [6.45, 7) is 9.79. The highest BCUT2D eigenvalue weighted by Crippen LogP contribution is 2.45. The number of hydrogen-bond donors (Lipinski definition) is 0. The van der Waals surface area contributed by atoms with Gasteiger partial charge >= 0.3 is 0 Å². The molecule has 0 amide bonds. The summed E-state index contributed by atoms with van der Waals surface area (Å²) in [4.78, 5) is 0. The molecule has 20 heavy (non-hydrogen) atoms. The summed E-state index contributed by atoms with van der Waals surface area (Å²) < 4.78 is 11.8. The van der Waals surface area contributed by atoms with Gasteiger partial charge in [-0.25, -0.2) is 0 Å². The van der Waals surface area contributed by atoms with E-state index in [2.05, 4.69) is 26.1 Å². The Balaban J connectivity index is 1.45. The molecule has 0 radical (unpaired) electrons. The molecule has 2 bridgehead atoms. The molecule has 0 aromatic carbocycles. The number of hydrogen-bond acceptors (Lipinski definition) is 2. The van der Waals surface area contributed by atoms with Gasteiger partial charge in [-0.15, -0.1) is 0 Å². The summed E-state index contributed by atoms with van der Waals surface area (Å²) in [7, 11) is -1.50. The van der Waals surface area contributed by atoms with Crippen molar-refractivity contribution in [2.45, 2.75) is 58.2 Å². The van der Waals surface area contributed by atoms with E-state index >= 15 is 0 Å². The standard InChI is InChI=1S/C17H30O2Si/c1-4-17(11-18-12-17)13-19-20(2,3)8-7-16-10-14-5-6-15(16)9-14/h10,14-15H,4-9,11-13H2,1-3H3. The summed E-state index contributed by atoms with van der Waals surface area (Å²) in [5.74, 6) is 1.86. The highest BCUT2D eigenvalue weighted by molar-refractivity contribution is 6.71. The van der Waals surface area contributed by atoms with E-state index < -0.39 is 8.32 Å². The van der Waals surface area contributed by atoms with Gasteiger partial charge in [-0.2, -0.15) is 0 Å². The zero-order chi connectivity index (χ0) is 14.2. The Morgan fingerprint density at radius 1 is 1.35 bits per heavy atom. The van der Waals surface area contributed by atoms with Gasteiger partial charge < -0.3 is 9.16 Å². The number of fused-ring (bicyclic) bond motifs is 2. The Kier molecular flexibility index (Phi) is 4.13. The van der Waals surface area contributed by atoms with Crippen LogP contribution in [0.15, 0.2) is 11.6 Å². The molecule has 3 rings (SSSR count). The van der Waals surface area contributed by atoms with E-state index in [4.69, 9.17) is 9.16 Å². The van der Waals surface area contributed by atoms with Crippen molar-refractivity contribution in [2.24, 2.45) is 17.3 Å². The summed E-state index contributed by atoms with van der Waals surface area (Å²) in [5, 5.41) is 0. The molecule has 3 aliphatic rings. The van der Waals surface area contributed by atoms with E-state index in [1.165, 1.54) is 38.1 Å². The molecule has 0 N–H and O–H groups in total. The minimum Gasteiger partial charge on any atom is -0.417 e. The van der Waals surface area contributed by atoms with Crippen LogP contribution in [0.25, 0.3) is 0 Å². The summed E-state index contributed by atoms with van der Waals surface area (Å²) in [5.41, 5.74) is 2.11. The fourth-order valence-corrected chi connectivity index (χ4v) is 5.61. The van der Waals surface area contributed by atoms with Crippen molar-refractivity contribution in [1.29, 1.82) is 0 Å². The molecule has 2 nitrogen and oxygen atoms in total. The van der Waals surface area contributed by atoms with E-state index in [9.17, 15) is 0 Å². The number of allylic oxidation sites excluding steroid dienone is 2. The zero-order valence-electron chi connectivity index (χ0n) is 13.4. The Bertz CT molecular complexity index is 379. The third-order valence-corrected chi connectivity index (χ3v) is 8.18. The number of rotatable bonds is 7. The third-order valence-electron chi connectivity index (χ3n) is 5.80. The van der Waals surface area contributed by atoms with E-state index in [1.807, 2.05) is 0 Å². The molecule has 1 heterocycles. The van der Waals surface area contributed by atoms with Crippen LogP contribution >= 0.6 is 0 Å². The van der Waals surface area contributed by atoms with Crippen molar-refractivity contribution in [2.75, 3.05) is 19.8 Å². The Morgan fingerprint density at radius 3 is 2.65 bits per heavy atom. The third kappa shape index (κ3) is 3.05. The normalized spacial score (nSPS) is 31.2. The molecule has 2 unspecified atom stereocenters. The summed E-state index contributed by atoms with van der Waals surface area (Å²) in [6.07, 6.45) is 9.43. The molecule has 114 valence electrons. The first-order valence-electron chi connectivity index (χ1n) is 8.44. The lowest BCUT2D eigenvalue weighted by Gasteiger charge is -2.42. The predicted octanol–water partition coefficient (Wildman–Crippen LogP) is 4.38. The second-order valence-corrected chi connectivity index (χ2v) is 12.2. The van der Waals surface area contributed by atoms with Gasteiger partial charge in [-0.05, 0) is 63.1 Å². The van der Waals surface area contributed by atoms with Gasteiger partial charge in [-0.1, -0.05) is 18.6 Å². The van der Waals surface area contributed by atoms with Crippen molar-refractivity contribution in [1.82, 2.24) is 0 Å². The van der Waals surface area contributed by atoms with Crippen LogP contribution in [0.1, 0.15) is 39.0 Å². The maximum atomic E-state index is 6.40. The number of ether oxygens (including phenoxy) is 1. The minimum atomic E-state index is -1.50. The molecule has 0 spiro atoms.